The molecule has 0 radical (unpaired) electrons. The minimum absolute atomic E-state index is 0. The van der Waals surface area contributed by atoms with E-state index in [1.54, 1.807) is 0 Å². The fraction of sp³-hybridized carbons (Fsp3) is 0.286. The molecular weight excluding hydrogens is 398 g/mol. The van der Waals surface area contributed by atoms with Crippen LogP contribution in [0.15, 0.2) is 20.4 Å². The normalized spacial score (nSPS) is 7.85. The van der Waals surface area contributed by atoms with E-state index in [4.69, 9.17) is 0 Å². The van der Waals surface area contributed by atoms with Crippen LogP contribution in [0.25, 0.3) is 0 Å². The van der Waals surface area contributed by atoms with Crippen LogP contribution in [-0.4, -0.2) is 9.97 Å². The summed E-state index contributed by atoms with van der Waals surface area (Å²) in [5, 5.41) is 0. The van der Waals surface area contributed by atoms with Crippen molar-refractivity contribution in [3.8, 4) is 0 Å². The van der Waals surface area contributed by atoms with Crippen molar-refractivity contribution in [1.29, 1.82) is 0 Å². The van der Waals surface area contributed by atoms with E-state index in [-0.39, 0.29) is 31.1 Å². The molecule has 0 aliphatic rings. The molecule has 70 valence electrons. The number of aromatic amines is 2. The van der Waals surface area contributed by atoms with Crippen LogP contribution in [0.4, 0.5) is 0 Å². The molecule has 0 unspecified atom stereocenters. The van der Waals surface area contributed by atoms with Gasteiger partial charge in [-0.1, -0.05) is 0 Å². The number of hydrogen-bond donors (Lipinski definition) is 2. The standard InChI is InChI=1S/C4H3N2O3.C3H7.U/c7-2-1-3(8)6-4(9)5-2;1-3-2;/h1H,(H2,5,6,7,8,9);3H,1-2H3;/q2*-1;+2. The van der Waals surface area contributed by atoms with Crippen LogP contribution in [-0.2, 0) is 0 Å². The van der Waals surface area contributed by atoms with E-state index >= 15 is 0 Å². The Morgan fingerprint density at radius 3 is 1.62 bits per heavy atom. The number of aromatic nitrogens is 2. The van der Waals surface area contributed by atoms with E-state index in [9.17, 15) is 14.4 Å². The van der Waals surface area contributed by atoms with Crippen LogP contribution in [0, 0.1) is 37.5 Å². The summed E-state index contributed by atoms with van der Waals surface area (Å²) in [5.74, 6) is 0. The molecule has 0 aromatic carbocycles. The van der Waals surface area contributed by atoms with Crippen LogP contribution in [0.2, 0.25) is 0 Å². The predicted molar refractivity (Wildman–Crippen MR) is 45.2 cm³/mol. The molecule has 0 aliphatic carbocycles. The first-order valence-corrected chi connectivity index (χ1v) is 3.34. The molecule has 1 aromatic rings. The molecule has 0 saturated heterocycles. The molecule has 6 heteroatoms. The first-order chi connectivity index (χ1) is 5.60. The minimum atomic E-state index is -0.771. The van der Waals surface area contributed by atoms with E-state index in [0.29, 0.717) is 0 Å². The van der Waals surface area contributed by atoms with E-state index < -0.39 is 16.8 Å². The fourth-order valence-corrected chi connectivity index (χ4v) is 0.446. The van der Waals surface area contributed by atoms with Gasteiger partial charge >= 0.3 is 36.8 Å². The van der Waals surface area contributed by atoms with Crippen molar-refractivity contribution < 1.29 is 31.1 Å². The Labute approximate surface area is 98.3 Å². The van der Waals surface area contributed by atoms with Crippen molar-refractivity contribution in [2.75, 3.05) is 0 Å². The summed E-state index contributed by atoms with van der Waals surface area (Å²) in [4.78, 5) is 34.4. The zero-order valence-corrected chi connectivity index (χ0v) is 11.5. The van der Waals surface area contributed by atoms with Crippen molar-refractivity contribution >= 4 is 0 Å². The number of H-pyrrole nitrogens is 2. The van der Waals surface area contributed by atoms with Crippen molar-refractivity contribution in [3.05, 3.63) is 43.7 Å². The molecule has 0 fully saturated rings. The molecule has 0 atom stereocenters. The molecule has 0 bridgehead atoms. The van der Waals surface area contributed by atoms with Gasteiger partial charge in [0.2, 0.25) is 0 Å². The summed E-state index contributed by atoms with van der Waals surface area (Å²) >= 11 is 0. The van der Waals surface area contributed by atoms with Gasteiger partial charge in [-0.25, -0.2) is 10.9 Å². The van der Waals surface area contributed by atoms with Gasteiger partial charge in [-0.3, -0.25) is 0 Å². The molecule has 1 aromatic heterocycles. The summed E-state index contributed by atoms with van der Waals surface area (Å²) < 4.78 is 0. The molecule has 0 saturated carbocycles. The third kappa shape index (κ3) is 7.88. The summed E-state index contributed by atoms with van der Waals surface area (Å²) in [6.07, 6.45) is 2.00. The third-order valence-electron chi connectivity index (χ3n) is 0.736. The van der Waals surface area contributed by atoms with E-state index in [2.05, 4.69) is 0 Å². The molecule has 0 aliphatic heterocycles. The Morgan fingerprint density at radius 2 is 1.38 bits per heavy atom. The van der Waals surface area contributed by atoms with Crippen LogP contribution >= 0.6 is 0 Å². The second-order valence-electron chi connectivity index (χ2n) is 2.03. The fourth-order valence-electron chi connectivity index (χ4n) is 0.446. The zero-order valence-electron chi connectivity index (χ0n) is 7.38. The van der Waals surface area contributed by atoms with Crippen molar-refractivity contribution in [3.63, 3.8) is 0 Å². The van der Waals surface area contributed by atoms with E-state index in [1.165, 1.54) is 0 Å². The smallest absolute Gasteiger partial charge is 0.335 e. The van der Waals surface area contributed by atoms with Crippen molar-refractivity contribution in [1.82, 2.24) is 9.97 Å². The Bertz CT molecular complexity index is 298. The van der Waals surface area contributed by atoms with Crippen LogP contribution in [0.5, 0.6) is 0 Å². The van der Waals surface area contributed by atoms with Gasteiger partial charge in [0.15, 0.2) is 0 Å². The van der Waals surface area contributed by atoms with Gasteiger partial charge < -0.3 is 26.0 Å². The quantitative estimate of drug-likeness (QED) is 0.562. The summed E-state index contributed by atoms with van der Waals surface area (Å²) in [5.41, 5.74) is -2.12. The topological polar surface area (TPSA) is 82.8 Å². The van der Waals surface area contributed by atoms with Gasteiger partial charge in [-0.05, 0) is 0 Å². The van der Waals surface area contributed by atoms with Gasteiger partial charge in [0.1, 0.15) is 0 Å². The number of nitrogens with one attached hydrogen (secondary N) is 2. The van der Waals surface area contributed by atoms with E-state index in [0.717, 1.165) is 6.07 Å². The summed E-state index contributed by atoms with van der Waals surface area (Å²) in [6.45, 7) is 4.00. The summed E-state index contributed by atoms with van der Waals surface area (Å²) in [7, 11) is 0. The zero-order chi connectivity index (χ0) is 9.56. The molecule has 0 amide bonds. The SMILES string of the molecule is C[CH-]C.O=c1[cH-]c(=O)[nH]c(=O)[nH]1.[U+2]. The monoisotopic (exact) mass is 408 g/mol. The molecule has 1 heterocycles. The van der Waals surface area contributed by atoms with Crippen LogP contribution in [0.3, 0.4) is 0 Å². The first-order valence-electron chi connectivity index (χ1n) is 3.34. The Kier molecular flexibility index (Phi) is 9.41. The van der Waals surface area contributed by atoms with Gasteiger partial charge in [0, 0.05) is 0 Å². The van der Waals surface area contributed by atoms with Crippen molar-refractivity contribution in [2.24, 2.45) is 0 Å². The molecule has 1 rings (SSSR count). The Hall–Kier alpha value is -0.468. The number of hydrogen-bond acceptors (Lipinski definition) is 3. The maximum absolute atomic E-state index is 10.2. The predicted octanol–water partition coefficient (Wildman–Crippen LogP) is -0.627. The van der Waals surface area contributed by atoms with E-state index in [1.807, 2.05) is 30.2 Å². The molecule has 0 spiro atoms. The molecule has 5 nitrogen and oxygen atoms in total. The van der Waals surface area contributed by atoms with Crippen molar-refractivity contribution in [2.45, 2.75) is 13.8 Å². The third-order valence-corrected chi connectivity index (χ3v) is 0.736. The maximum atomic E-state index is 10.2. The average Bonchev–Trinajstić information content (AvgIpc) is 1.84. The van der Waals surface area contributed by atoms with Gasteiger partial charge in [0.25, 0.3) is 0 Å². The second kappa shape index (κ2) is 8.14. The molecule has 2 N–H and O–H groups in total. The Morgan fingerprint density at radius 1 is 1.08 bits per heavy atom. The van der Waals surface area contributed by atoms with Crippen LogP contribution in [0.1, 0.15) is 13.8 Å². The Balaban J connectivity index is 0. The minimum Gasteiger partial charge on any atom is -0.335 e. The first kappa shape index (κ1) is 15.0. The van der Waals surface area contributed by atoms with Gasteiger partial charge in [-0.2, -0.15) is 13.8 Å². The van der Waals surface area contributed by atoms with Crippen LogP contribution < -0.4 is 16.8 Å². The number of rotatable bonds is 0. The second-order valence-corrected chi connectivity index (χ2v) is 2.03. The maximum Gasteiger partial charge on any atom is 2.00 e. The molecule has 13 heavy (non-hydrogen) atoms. The van der Waals surface area contributed by atoms with Gasteiger partial charge in [0.05, 0.1) is 11.1 Å². The molecular formula is C7H10N2O3U. The summed E-state index contributed by atoms with van der Waals surface area (Å²) in [6, 6.07) is 0.765. The average molecular weight is 408 g/mol. The largest absolute Gasteiger partial charge is 2.00 e. The van der Waals surface area contributed by atoms with Gasteiger partial charge in [-0.15, -0.1) is 0 Å².